The van der Waals surface area contributed by atoms with Gasteiger partial charge in [0.05, 0.1) is 15.7 Å². The van der Waals surface area contributed by atoms with E-state index >= 15 is 0 Å². The number of Topliss-reactive ketones (excluding diaryl/α,β-unsaturated/α-hetero) is 1. The first-order chi connectivity index (χ1) is 9.97. The van der Waals surface area contributed by atoms with Crippen LogP contribution in [0, 0.1) is 0 Å². The lowest BCUT2D eigenvalue weighted by atomic mass is 10.1. The Bertz CT molecular complexity index is 704. The molecule has 0 spiro atoms. The largest absolute Gasteiger partial charge is 0.332 e. The number of ketones is 1. The van der Waals surface area contributed by atoms with E-state index in [2.05, 4.69) is 10.6 Å². The van der Waals surface area contributed by atoms with Crippen molar-refractivity contribution in [2.24, 2.45) is 0 Å². The van der Waals surface area contributed by atoms with Crippen LogP contribution in [0.15, 0.2) is 42.5 Å². The van der Waals surface area contributed by atoms with E-state index in [-0.39, 0.29) is 5.78 Å². The summed E-state index contributed by atoms with van der Waals surface area (Å²) < 4.78 is 0. The Morgan fingerprint density at radius 3 is 2.52 bits per heavy atom. The average molecular weight is 339 g/mol. The Morgan fingerprint density at radius 1 is 1.10 bits per heavy atom. The van der Waals surface area contributed by atoms with Crippen LogP contribution in [0.2, 0.25) is 10.0 Å². The van der Waals surface area contributed by atoms with E-state index in [9.17, 15) is 4.79 Å². The number of benzene rings is 2. The van der Waals surface area contributed by atoms with E-state index in [0.29, 0.717) is 26.4 Å². The van der Waals surface area contributed by atoms with Crippen molar-refractivity contribution >= 4 is 57.7 Å². The molecule has 0 saturated heterocycles. The minimum absolute atomic E-state index is 0.00425. The lowest BCUT2D eigenvalue weighted by Crippen LogP contribution is -2.19. The molecular weight excluding hydrogens is 327 g/mol. The van der Waals surface area contributed by atoms with E-state index in [4.69, 9.17) is 35.4 Å². The topological polar surface area (TPSA) is 41.1 Å². The van der Waals surface area contributed by atoms with Crippen molar-refractivity contribution in [2.45, 2.75) is 6.92 Å². The minimum Gasteiger partial charge on any atom is -0.332 e. The van der Waals surface area contributed by atoms with Crippen molar-refractivity contribution in [3.63, 3.8) is 0 Å². The fourth-order valence-corrected chi connectivity index (χ4v) is 2.28. The molecule has 2 N–H and O–H groups in total. The third kappa shape index (κ3) is 4.17. The summed E-state index contributed by atoms with van der Waals surface area (Å²) in [6.07, 6.45) is 0. The Morgan fingerprint density at radius 2 is 1.81 bits per heavy atom. The van der Waals surface area contributed by atoms with Gasteiger partial charge in [-0.3, -0.25) is 4.79 Å². The highest BCUT2D eigenvalue weighted by Gasteiger charge is 2.07. The van der Waals surface area contributed by atoms with Gasteiger partial charge in [-0.25, -0.2) is 0 Å². The number of halogens is 2. The molecule has 2 aromatic carbocycles. The SMILES string of the molecule is CC(=O)c1cccc(NC(=S)Nc2cccc(Cl)c2Cl)c1. The zero-order chi connectivity index (χ0) is 15.4. The summed E-state index contributed by atoms with van der Waals surface area (Å²) in [5, 5.41) is 7.18. The summed E-state index contributed by atoms with van der Waals surface area (Å²) in [7, 11) is 0. The van der Waals surface area contributed by atoms with E-state index in [1.54, 1.807) is 36.4 Å². The van der Waals surface area contributed by atoms with Crippen molar-refractivity contribution in [3.05, 3.63) is 58.1 Å². The molecule has 3 nitrogen and oxygen atoms in total. The first kappa shape index (κ1) is 15.8. The van der Waals surface area contributed by atoms with Gasteiger partial charge < -0.3 is 10.6 Å². The summed E-state index contributed by atoms with van der Waals surface area (Å²) >= 11 is 17.2. The number of thiocarbonyl (C=S) groups is 1. The van der Waals surface area contributed by atoms with E-state index in [1.807, 2.05) is 6.07 Å². The van der Waals surface area contributed by atoms with Gasteiger partial charge in [-0.05, 0) is 43.4 Å². The first-order valence-corrected chi connectivity index (χ1v) is 7.27. The van der Waals surface area contributed by atoms with Crippen LogP contribution >= 0.6 is 35.4 Å². The maximum atomic E-state index is 11.3. The lowest BCUT2D eigenvalue weighted by molar-refractivity contribution is 0.101. The van der Waals surface area contributed by atoms with Crippen molar-refractivity contribution in [2.75, 3.05) is 10.6 Å². The fraction of sp³-hybridized carbons (Fsp3) is 0.0667. The molecule has 2 rings (SSSR count). The van der Waals surface area contributed by atoms with Gasteiger partial charge in [0, 0.05) is 11.3 Å². The van der Waals surface area contributed by atoms with E-state index < -0.39 is 0 Å². The maximum Gasteiger partial charge on any atom is 0.175 e. The van der Waals surface area contributed by atoms with E-state index in [0.717, 1.165) is 5.69 Å². The number of hydrogen-bond acceptors (Lipinski definition) is 2. The summed E-state index contributed by atoms with van der Waals surface area (Å²) in [4.78, 5) is 11.3. The van der Waals surface area contributed by atoms with Crippen LogP contribution in [0.4, 0.5) is 11.4 Å². The zero-order valence-electron chi connectivity index (χ0n) is 11.1. The van der Waals surface area contributed by atoms with Crippen molar-refractivity contribution < 1.29 is 4.79 Å². The highest BCUT2D eigenvalue weighted by molar-refractivity contribution is 7.80. The summed E-state index contributed by atoms with van der Waals surface area (Å²) in [5.41, 5.74) is 1.95. The summed E-state index contributed by atoms with van der Waals surface area (Å²) in [6.45, 7) is 1.52. The second-order valence-electron chi connectivity index (χ2n) is 4.32. The molecule has 2 aromatic rings. The number of anilines is 2. The lowest BCUT2D eigenvalue weighted by Gasteiger charge is -2.12. The van der Waals surface area contributed by atoms with Crippen LogP contribution in [0.5, 0.6) is 0 Å². The van der Waals surface area contributed by atoms with Gasteiger partial charge in [-0.15, -0.1) is 0 Å². The molecule has 0 atom stereocenters. The molecule has 108 valence electrons. The molecule has 0 aliphatic carbocycles. The molecule has 0 aromatic heterocycles. The second-order valence-corrected chi connectivity index (χ2v) is 5.51. The smallest absolute Gasteiger partial charge is 0.175 e. The van der Waals surface area contributed by atoms with Gasteiger partial charge in [0.2, 0.25) is 0 Å². The third-order valence-corrected chi connectivity index (χ3v) is 3.75. The van der Waals surface area contributed by atoms with Crippen molar-refractivity contribution in [1.82, 2.24) is 0 Å². The number of carbonyl (C=O) groups is 1. The molecular formula is C15H12Cl2N2OS. The van der Waals surface area contributed by atoms with Crippen LogP contribution in [-0.4, -0.2) is 10.9 Å². The van der Waals surface area contributed by atoms with Gasteiger partial charge >= 0.3 is 0 Å². The van der Waals surface area contributed by atoms with Gasteiger partial charge in [0.1, 0.15) is 0 Å². The van der Waals surface area contributed by atoms with Gasteiger partial charge in [-0.1, -0.05) is 41.4 Å². The third-order valence-electron chi connectivity index (χ3n) is 2.73. The van der Waals surface area contributed by atoms with Crippen molar-refractivity contribution in [3.8, 4) is 0 Å². The minimum atomic E-state index is -0.00425. The Hall–Kier alpha value is -1.62. The molecule has 0 radical (unpaired) electrons. The Labute approximate surface area is 138 Å². The van der Waals surface area contributed by atoms with E-state index in [1.165, 1.54) is 6.92 Å². The summed E-state index contributed by atoms with van der Waals surface area (Å²) in [5.74, 6) is -0.00425. The van der Waals surface area contributed by atoms with Crippen molar-refractivity contribution in [1.29, 1.82) is 0 Å². The zero-order valence-corrected chi connectivity index (χ0v) is 13.4. The molecule has 6 heteroatoms. The monoisotopic (exact) mass is 338 g/mol. The summed E-state index contributed by atoms with van der Waals surface area (Å²) in [6, 6.07) is 12.3. The number of hydrogen-bond donors (Lipinski definition) is 2. The number of nitrogens with one attached hydrogen (secondary N) is 2. The molecule has 0 aliphatic rings. The first-order valence-electron chi connectivity index (χ1n) is 6.10. The Balaban J connectivity index is 2.10. The quantitative estimate of drug-likeness (QED) is 0.610. The predicted octanol–water partition coefficient (Wildman–Crippen LogP) is 5.00. The standard InChI is InChI=1S/C15H12Cl2N2OS/c1-9(20)10-4-2-5-11(8-10)18-15(21)19-13-7-3-6-12(16)14(13)17/h2-8H,1H3,(H2,18,19,21). The number of carbonyl (C=O) groups excluding carboxylic acids is 1. The predicted molar refractivity (Wildman–Crippen MR) is 92.8 cm³/mol. The maximum absolute atomic E-state index is 11.3. The number of rotatable bonds is 3. The average Bonchev–Trinajstić information content (AvgIpc) is 2.44. The molecule has 0 saturated carbocycles. The molecule has 0 amide bonds. The molecule has 21 heavy (non-hydrogen) atoms. The molecule has 0 aliphatic heterocycles. The van der Waals surface area contributed by atoms with Gasteiger partial charge in [-0.2, -0.15) is 0 Å². The van der Waals surface area contributed by atoms with Crippen LogP contribution in [0.3, 0.4) is 0 Å². The van der Waals surface area contributed by atoms with Gasteiger partial charge in [0.25, 0.3) is 0 Å². The molecule has 0 heterocycles. The second kappa shape index (κ2) is 6.89. The van der Waals surface area contributed by atoms with Crippen LogP contribution in [-0.2, 0) is 0 Å². The highest BCUT2D eigenvalue weighted by atomic mass is 35.5. The molecule has 0 fully saturated rings. The fourth-order valence-electron chi connectivity index (χ4n) is 1.70. The molecule has 0 bridgehead atoms. The molecule has 0 unspecified atom stereocenters. The van der Waals surface area contributed by atoms with Crippen LogP contribution in [0.25, 0.3) is 0 Å². The van der Waals surface area contributed by atoms with Gasteiger partial charge in [0.15, 0.2) is 10.9 Å². The highest BCUT2D eigenvalue weighted by Crippen LogP contribution is 2.29. The Kier molecular flexibility index (Phi) is 5.17. The normalized spacial score (nSPS) is 10.0. The van der Waals surface area contributed by atoms with Crippen LogP contribution in [0.1, 0.15) is 17.3 Å². The van der Waals surface area contributed by atoms with Crippen LogP contribution < -0.4 is 10.6 Å².